The predicted octanol–water partition coefficient (Wildman–Crippen LogP) is 2.97. The predicted molar refractivity (Wildman–Crippen MR) is 78.6 cm³/mol. The van der Waals surface area contributed by atoms with Crippen LogP contribution in [0.2, 0.25) is 0 Å². The van der Waals surface area contributed by atoms with E-state index in [0.29, 0.717) is 45.3 Å². The molecule has 0 unspecified atom stereocenters. The Hall–Kier alpha value is -1.03. The highest BCUT2D eigenvalue weighted by Gasteiger charge is 2.10. The van der Waals surface area contributed by atoms with Gasteiger partial charge in [-0.2, -0.15) is 0 Å². The molecule has 116 valence electrons. The molecule has 4 heteroatoms. The van der Waals surface area contributed by atoms with E-state index < -0.39 is 0 Å². The van der Waals surface area contributed by atoms with Gasteiger partial charge in [0.25, 0.3) is 0 Å². The molecular weight excluding hydrogens is 256 g/mol. The monoisotopic (exact) mass is 284 g/mol. The summed E-state index contributed by atoms with van der Waals surface area (Å²) in [5.74, 6) is 0.513. The second-order valence-electron chi connectivity index (χ2n) is 5.75. The smallest absolute Gasteiger partial charge is 0.137 e. The lowest BCUT2D eigenvalue weighted by molar-refractivity contribution is -0.126. The van der Waals surface area contributed by atoms with E-state index in [1.807, 2.05) is 27.7 Å². The summed E-state index contributed by atoms with van der Waals surface area (Å²) >= 11 is 0. The first-order valence-electron chi connectivity index (χ1n) is 7.49. The molecule has 0 aromatic carbocycles. The number of Topliss-reactive ketones (excluding diaryl/α,β-unsaturated/α-hetero) is 3. The molecule has 0 aromatic heterocycles. The van der Waals surface area contributed by atoms with Crippen LogP contribution in [0.1, 0.15) is 59.8 Å². The maximum absolute atomic E-state index is 11.5. The Bertz CT molecular complexity index is 318. The molecule has 0 aliphatic heterocycles. The first-order valence-corrected chi connectivity index (χ1v) is 7.49. The van der Waals surface area contributed by atoms with Crippen molar-refractivity contribution in [1.29, 1.82) is 0 Å². The molecule has 0 aromatic rings. The molecule has 0 saturated heterocycles. The van der Waals surface area contributed by atoms with Crippen LogP contribution < -0.4 is 0 Å². The van der Waals surface area contributed by atoms with Gasteiger partial charge in [-0.25, -0.2) is 0 Å². The molecule has 0 radical (unpaired) electrons. The molecule has 0 aliphatic rings. The molecule has 0 saturated carbocycles. The van der Waals surface area contributed by atoms with Crippen LogP contribution in [0, 0.1) is 11.8 Å². The van der Waals surface area contributed by atoms with Crippen molar-refractivity contribution in [1.82, 2.24) is 0 Å². The van der Waals surface area contributed by atoms with Crippen molar-refractivity contribution >= 4 is 17.3 Å². The Morgan fingerprint density at radius 3 is 1.85 bits per heavy atom. The van der Waals surface area contributed by atoms with Crippen molar-refractivity contribution in [2.24, 2.45) is 11.8 Å². The molecule has 0 aliphatic carbocycles. The number of rotatable bonds is 12. The number of ether oxygens (including phenoxy) is 1. The van der Waals surface area contributed by atoms with Crippen molar-refractivity contribution in [3.63, 3.8) is 0 Å². The highest BCUT2D eigenvalue weighted by Crippen LogP contribution is 2.05. The molecule has 0 bridgehead atoms. The summed E-state index contributed by atoms with van der Waals surface area (Å²) in [4.78, 5) is 34.2. The minimum atomic E-state index is 0.00428. The SMILES string of the molecule is CC(C)C(=O)CCOCCCC(=O)CCC(=O)C(C)C. The maximum Gasteiger partial charge on any atom is 0.137 e. The van der Waals surface area contributed by atoms with Gasteiger partial charge in [0.05, 0.1) is 6.61 Å². The fraction of sp³-hybridized carbons (Fsp3) is 0.812. The Labute approximate surface area is 122 Å². The van der Waals surface area contributed by atoms with E-state index in [-0.39, 0.29) is 29.2 Å². The van der Waals surface area contributed by atoms with Crippen LogP contribution in [-0.4, -0.2) is 30.6 Å². The molecule has 0 amide bonds. The van der Waals surface area contributed by atoms with Crippen molar-refractivity contribution in [2.45, 2.75) is 59.8 Å². The van der Waals surface area contributed by atoms with E-state index in [1.165, 1.54) is 0 Å². The summed E-state index contributed by atoms with van der Waals surface area (Å²) < 4.78 is 5.33. The fourth-order valence-corrected chi connectivity index (χ4v) is 1.61. The van der Waals surface area contributed by atoms with Gasteiger partial charge in [-0.15, -0.1) is 0 Å². The molecule has 4 nitrogen and oxygen atoms in total. The van der Waals surface area contributed by atoms with Gasteiger partial charge in [-0.1, -0.05) is 27.7 Å². The van der Waals surface area contributed by atoms with E-state index in [4.69, 9.17) is 4.74 Å². The van der Waals surface area contributed by atoms with Gasteiger partial charge in [-0.05, 0) is 6.42 Å². The summed E-state index contributed by atoms with van der Waals surface area (Å²) in [5.41, 5.74) is 0. The normalized spacial score (nSPS) is 11.1. The molecule has 0 heterocycles. The van der Waals surface area contributed by atoms with E-state index in [0.717, 1.165) is 0 Å². The quantitative estimate of drug-likeness (QED) is 0.517. The van der Waals surface area contributed by atoms with Crippen LogP contribution in [0.3, 0.4) is 0 Å². The van der Waals surface area contributed by atoms with Crippen molar-refractivity contribution in [3.8, 4) is 0 Å². The molecular formula is C16H28O4. The van der Waals surface area contributed by atoms with Crippen LogP contribution in [0.25, 0.3) is 0 Å². The van der Waals surface area contributed by atoms with Crippen molar-refractivity contribution < 1.29 is 19.1 Å². The zero-order valence-electron chi connectivity index (χ0n) is 13.2. The van der Waals surface area contributed by atoms with E-state index in [1.54, 1.807) is 0 Å². The van der Waals surface area contributed by atoms with Crippen molar-refractivity contribution in [3.05, 3.63) is 0 Å². The third-order valence-corrected chi connectivity index (χ3v) is 3.18. The maximum atomic E-state index is 11.5. The number of carbonyl (C=O) groups excluding carboxylic acids is 3. The van der Waals surface area contributed by atoms with Crippen molar-refractivity contribution in [2.75, 3.05) is 13.2 Å². The third kappa shape index (κ3) is 9.84. The first kappa shape index (κ1) is 19.0. The third-order valence-electron chi connectivity index (χ3n) is 3.18. The molecule has 20 heavy (non-hydrogen) atoms. The molecule has 0 N–H and O–H groups in total. The van der Waals surface area contributed by atoms with E-state index >= 15 is 0 Å². The van der Waals surface area contributed by atoms with Crippen LogP contribution >= 0.6 is 0 Å². The van der Waals surface area contributed by atoms with Crippen LogP contribution in [-0.2, 0) is 19.1 Å². The number of hydrogen-bond acceptors (Lipinski definition) is 4. The lowest BCUT2D eigenvalue weighted by Gasteiger charge is -2.06. The zero-order chi connectivity index (χ0) is 15.5. The number of ketones is 3. The number of hydrogen-bond donors (Lipinski definition) is 0. The summed E-state index contributed by atoms with van der Waals surface area (Å²) in [6, 6.07) is 0. The Morgan fingerprint density at radius 1 is 0.750 bits per heavy atom. The highest BCUT2D eigenvalue weighted by atomic mass is 16.5. The lowest BCUT2D eigenvalue weighted by Crippen LogP contribution is -2.12. The number of carbonyl (C=O) groups is 3. The zero-order valence-corrected chi connectivity index (χ0v) is 13.2. The summed E-state index contributed by atoms with van der Waals surface area (Å²) in [6.45, 7) is 8.36. The molecule has 0 atom stereocenters. The highest BCUT2D eigenvalue weighted by molar-refractivity contribution is 5.86. The summed E-state index contributed by atoms with van der Waals surface area (Å²) in [5, 5.41) is 0. The fourth-order valence-electron chi connectivity index (χ4n) is 1.61. The van der Waals surface area contributed by atoms with Gasteiger partial charge in [-0.3, -0.25) is 14.4 Å². The summed E-state index contributed by atoms with van der Waals surface area (Å²) in [6.07, 6.45) is 2.23. The molecule has 0 rings (SSSR count). The largest absolute Gasteiger partial charge is 0.381 e. The topological polar surface area (TPSA) is 60.4 Å². The van der Waals surface area contributed by atoms with Gasteiger partial charge in [0.15, 0.2) is 0 Å². The summed E-state index contributed by atoms with van der Waals surface area (Å²) in [7, 11) is 0. The lowest BCUT2D eigenvalue weighted by atomic mass is 10.0. The standard InChI is InChI=1S/C16H28O4/c1-12(2)15(18)8-7-14(17)6-5-10-20-11-9-16(19)13(3)4/h12-13H,5-11H2,1-4H3. The van der Waals surface area contributed by atoms with E-state index in [9.17, 15) is 14.4 Å². The minimum absolute atomic E-state index is 0.00428. The first-order chi connectivity index (χ1) is 9.34. The average Bonchev–Trinajstić information content (AvgIpc) is 2.39. The van der Waals surface area contributed by atoms with E-state index in [2.05, 4.69) is 0 Å². The minimum Gasteiger partial charge on any atom is -0.381 e. The van der Waals surface area contributed by atoms with Crippen LogP contribution in [0.4, 0.5) is 0 Å². The van der Waals surface area contributed by atoms with Gasteiger partial charge >= 0.3 is 0 Å². The van der Waals surface area contributed by atoms with Gasteiger partial charge in [0.2, 0.25) is 0 Å². The molecule has 0 spiro atoms. The Kier molecular flexibility index (Phi) is 10.2. The second-order valence-corrected chi connectivity index (χ2v) is 5.75. The average molecular weight is 284 g/mol. The second kappa shape index (κ2) is 10.7. The van der Waals surface area contributed by atoms with Gasteiger partial charge in [0, 0.05) is 44.1 Å². The molecule has 0 fully saturated rings. The Balaban J connectivity index is 3.49. The Morgan fingerprint density at radius 2 is 1.30 bits per heavy atom. The van der Waals surface area contributed by atoms with Crippen LogP contribution in [0.5, 0.6) is 0 Å². The van der Waals surface area contributed by atoms with Gasteiger partial charge < -0.3 is 4.74 Å². The van der Waals surface area contributed by atoms with Gasteiger partial charge in [0.1, 0.15) is 17.3 Å². The van der Waals surface area contributed by atoms with Crippen LogP contribution in [0.15, 0.2) is 0 Å².